The van der Waals surface area contributed by atoms with E-state index in [1.165, 1.54) is 0 Å². The molecule has 1 aliphatic heterocycles. The van der Waals surface area contributed by atoms with Gasteiger partial charge in [0.2, 0.25) is 0 Å². The normalized spacial score (nSPS) is 26.7. The number of rotatable bonds is 2. The molecule has 3 rings (SSSR count). The van der Waals surface area contributed by atoms with Crippen molar-refractivity contribution < 1.29 is 14.6 Å². The number of aliphatic hydroxyl groups is 1. The van der Waals surface area contributed by atoms with Crippen LogP contribution in [0.3, 0.4) is 0 Å². The lowest BCUT2D eigenvalue weighted by Crippen LogP contribution is -2.27. The van der Waals surface area contributed by atoms with Crippen LogP contribution in [-0.2, 0) is 0 Å². The van der Waals surface area contributed by atoms with Gasteiger partial charge in [0, 0.05) is 18.2 Å². The van der Waals surface area contributed by atoms with Crippen LogP contribution >= 0.6 is 0 Å². The number of aliphatic hydroxyl groups excluding tert-OH is 1. The molecule has 1 saturated carbocycles. The van der Waals surface area contributed by atoms with Gasteiger partial charge in [-0.1, -0.05) is 0 Å². The van der Waals surface area contributed by atoms with Crippen LogP contribution in [0.2, 0.25) is 0 Å². The van der Waals surface area contributed by atoms with Gasteiger partial charge >= 0.3 is 0 Å². The maximum absolute atomic E-state index is 9.82. The first-order valence-electron chi connectivity index (χ1n) is 6.67. The molecule has 4 heteroatoms. The van der Waals surface area contributed by atoms with Gasteiger partial charge in [0.05, 0.1) is 25.4 Å². The largest absolute Gasteiger partial charge is 0.490 e. The van der Waals surface area contributed by atoms with Crippen molar-refractivity contribution in [3.05, 3.63) is 18.2 Å². The Bertz CT molecular complexity index is 422. The van der Waals surface area contributed by atoms with E-state index < -0.39 is 0 Å². The Hall–Kier alpha value is -1.42. The van der Waals surface area contributed by atoms with Crippen molar-refractivity contribution in [3.63, 3.8) is 0 Å². The average molecular weight is 249 g/mol. The number of anilines is 1. The maximum Gasteiger partial charge on any atom is 0.163 e. The third-order valence-corrected chi connectivity index (χ3v) is 3.58. The van der Waals surface area contributed by atoms with E-state index in [-0.39, 0.29) is 12.1 Å². The Kier molecular flexibility index (Phi) is 3.28. The Morgan fingerprint density at radius 1 is 1.06 bits per heavy atom. The summed E-state index contributed by atoms with van der Waals surface area (Å²) >= 11 is 0. The highest BCUT2D eigenvalue weighted by Crippen LogP contribution is 2.33. The van der Waals surface area contributed by atoms with Gasteiger partial charge in [0.15, 0.2) is 11.5 Å². The fraction of sp³-hybridized carbons (Fsp3) is 0.571. The van der Waals surface area contributed by atoms with E-state index in [1.54, 1.807) is 0 Å². The predicted octanol–water partition coefficient (Wildman–Crippen LogP) is 2.17. The second kappa shape index (κ2) is 5.06. The van der Waals surface area contributed by atoms with E-state index >= 15 is 0 Å². The van der Waals surface area contributed by atoms with Crippen LogP contribution in [0.5, 0.6) is 11.5 Å². The summed E-state index contributed by atoms with van der Waals surface area (Å²) in [7, 11) is 0. The fourth-order valence-electron chi connectivity index (χ4n) is 2.58. The molecule has 4 nitrogen and oxygen atoms in total. The maximum atomic E-state index is 9.82. The standard InChI is InChI=1S/C14H19NO3/c16-12-4-1-3-11(12)15-10-5-6-13-14(9-10)18-8-2-7-17-13/h5-6,9,11-12,15-16H,1-4,7-8H2/t11-,12-/m1/s1. The minimum atomic E-state index is -0.235. The SMILES string of the molecule is O[C@@H]1CCC[C@H]1Nc1ccc2c(c1)OCCCO2. The summed E-state index contributed by atoms with van der Waals surface area (Å²) in [5.74, 6) is 1.61. The van der Waals surface area contributed by atoms with Gasteiger partial charge in [-0.2, -0.15) is 0 Å². The highest BCUT2D eigenvalue weighted by atomic mass is 16.5. The van der Waals surface area contributed by atoms with Crippen LogP contribution < -0.4 is 14.8 Å². The molecule has 18 heavy (non-hydrogen) atoms. The highest BCUT2D eigenvalue weighted by Gasteiger charge is 2.25. The molecule has 0 spiro atoms. The van der Waals surface area contributed by atoms with Crippen molar-refractivity contribution in [3.8, 4) is 11.5 Å². The molecule has 0 aromatic heterocycles. The summed E-state index contributed by atoms with van der Waals surface area (Å²) in [5, 5.41) is 13.2. The second-order valence-corrected chi connectivity index (χ2v) is 4.96. The molecular weight excluding hydrogens is 230 g/mol. The number of benzene rings is 1. The zero-order valence-corrected chi connectivity index (χ0v) is 10.4. The fourth-order valence-corrected chi connectivity index (χ4v) is 2.58. The molecule has 0 bridgehead atoms. The first-order chi connectivity index (χ1) is 8.83. The van der Waals surface area contributed by atoms with E-state index in [0.717, 1.165) is 42.9 Å². The molecule has 98 valence electrons. The van der Waals surface area contributed by atoms with E-state index in [2.05, 4.69) is 5.32 Å². The molecule has 0 saturated heterocycles. The van der Waals surface area contributed by atoms with E-state index in [9.17, 15) is 5.11 Å². The third-order valence-electron chi connectivity index (χ3n) is 3.58. The molecule has 1 aliphatic carbocycles. The molecular formula is C14H19NO3. The van der Waals surface area contributed by atoms with E-state index in [4.69, 9.17) is 9.47 Å². The second-order valence-electron chi connectivity index (χ2n) is 4.96. The third kappa shape index (κ3) is 2.38. The van der Waals surface area contributed by atoms with Gasteiger partial charge in [-0.05, 0) is 31.4 Å². The van der Waals surface area contributed by atoms with E-state index in [1.807, 2.05) is 18.2 Å². The molecule has 1 fully saturated rings. The number of fused-ring (bicyclic) bond motifs is 1. The van der Waals surface area contributed by atoms with Gasteiger partial charge in [0.25, 0.3) is 0 Å². The number of hydrogen-bond donors (Lipinski definition) is 2. The monoisotopic (exact) mass is 249 g/mol. The van der Waals surface area contributed by atoms with Crippen molar-refractivity contribution in [2.75, 3.05) is 18.5 Å². The van der Waals surface area contributed by atoms with Crippen LogP contribution in [0.1, 0.15) is 25.7 Å². The number of hydrogen-bond acceptors (Lipinski definition) is 4. The summed E-state index contributed by atoms with van der Waals surface area (Å²) in [6.07, 6.45) is 3.68. The molecule has 0 radical (unpaired) electrons. The van der Waals surface area contributed by atoms with Crippen LogP contribution in [-0.4, -0.2) is 30.5 Å². The zero-order valence-electron chi connectivity index (χ0n) is 10.4. The van der Waals surface area contributed by atoms with Crippen molar-refractivity contribution in [2.45, 2.75) is 37.8 Å². The number of nitrogens with one attached hydrogen (secondary N) is 1. The van der Waals surface area contributed by atoms with Crippen molar-refractivity contribution >= 4 is 5.69 Å². The van der Waals surface area contributed by atoms with Gasteiger partial charge in [-0.15, -0.1) is 0 Å². The molecule has 1 heterocycles. The van der Waals surface area contributed by atoms with Gasteiger partial charge < -0.3 is 19.9 Å². The summed E-state index contributed by atoms with van der Waals surface area (Å²) in [4.78, 5) is 0. The minimum absolute atomic E-state index is 0.162. The van der Waals surface area contributed by atoms with Gasteiger partial charge in [-0.3, -0.25) is 0 Å². The lowest BCUT2D eigenvalue weighted by Gasteiger charge is -2.18. The zero-order chi connectivity index (χ0) is 12.4. The molecule has 2 aliphatic rings. The summed E-state index contributed by atoms with van der Waals surface area (Å²) < 4.78 is 11.2. The quantitative estimate of drug-likeness (QED) is 0.843. The summed E-state index contributed by atoms with van der Waals surface area (Å²) in [6.45, 7) is 1.41. The Morgan fingerprint density at radius 2 is 1.89 bits per heavy atom. The first-order valence-corrected chi connectivity index (χ1v) is 6.67. The molecule has 0 amide bonds. The Balaban J connectivity index is 1.75. The van der Waals surface area contributed by atoms with Crippen LogP contribution in [0.15, 0.2) is 18.2 Å². The van der Waals surface area contributed by atoms with Crippen molar-refractivity contribution in [2.24, 2.45) is 0 Å². The van der Waals surface area contributed by atoms with Crippen LogP contribution in [0, 0.1) is 0 Å². The van der Waals surface area contributed by atoms with Crippen molar-refractivity contribution in [1.82, 2.24) is 0 Å². The van der Waals surface area contributed by atoms with Gasteiger partial charge in [-0.25, -0.2) is 0 Å². The Labute approximate surface area is 107 Å². The number of ether oxygens (including phenoxy) is 2. The summed E-state index contributed by atoms with van der Waals surface area (Å²) in [6, 6.07) is 6.05. The lowest BCUT2D eigenvalue weighted by atomic mass is 10.2. The van der Waals surface area contributed by atoms with Crippen LogP contribution in [0.4, 0.5) is 5.69 Å². The molecule has 0 unspecified atom stereocenters. The van der Waals surface area contributed by atoms with Crippen LogP contribution in [0.25, 0.3) is 0 Å². The summed E-state index contributed by atoms with van der Waals surface area (Å²) in [5.41, 5.74) is 0.991. The van der Waals surface area contributed by atoms with Gasteiger partial charge in [0.1, 0.15) is 0 Å². The highest BCUT2D eigenvalue weighted by molar-refractivity contribution is 5.55. The molecule has 1 aromatic carbocycles. The Morgan fingerprint density at radius 3 is 2.67 bits per heavy atom. The average Bonchev–Trinajstić information content (AvgIpc) is 2.65. The van der Waals surface area contributed by atoms with E-state index in [0.29, 0.717) is 13.2 Å². The smallest absolute Gasteiger partial charge is 0.163 e. The van der Waals surface area contributed by atoms with Crippen molar-refractivity contribution in [1.29, 1.82) is 0 Å². The first kappa shape index (κ1) is 11.7. The molecule has 2 atom stereocenters. The predicted molar refractivity (Wildman–Crippen MR) is 69.3 cm³/mol. The topological polar surface area (TPSA) is 50.7 Å². The molecule has 1 aromatic rings. The lowest BCUT2D eigenvalue weighted by molar-refractivity contribution is 0.172. The minimum Gasteiger partial charge on any atom is -0.490 e. The molecule has 2 N–H and O–H groups in total.